The lowest BCUT2D eigenvalue weighted by Gasteiger charge is -2.27. The first-order valence-electron chi connectivity index (χ1n) is 9.49. The Labute approximate surface area is 164 Å². The predicted molar refractivity (Wildman–Crippen MR) is 108 cm³/mol. The minimum atomic E-state index is -0.574. The van der Waals surface area contributed by atoms with E-state index in [9.17, 15) is 0 Å². The summed E-state index contributed by atoms with van der Waals surface area (Å²) in [6.45, 7) is 8.51. The quantitative estimate of drug-likeness (QED) is 0.383. The van der Waals surface area contributed by atoms with E-state index in [2.05, 4.69) is 62.4 Å². The average Bonchev–Trinajstić information content (AvgIpc) is 3.38. The van der Waals surface area contributed by atoms with E-state index in [0.29, 0.717) is 11.8 Å². The average molecular weight is 370 g/mol. The van der Waals surface area contributed by atoms with Crippen LogP contribution >= 0.6 is 0 Å². The van der Waals surface area contributed by atoms with E-state index in [0.717, 1.165) is 22.5 Å². The summed E-state index contributed by atoms with van der Waals surface area (Å²) in [5.74, 6) is 1.18. The molecule has 0 atom stereocenters. The Hall–Kier alpha value is -3.14. The maximum atomic E-state index is 5.86. The van der Waals surface area contributed by atoms with Gasteiger partial charge in [0.2, 0.25) is 11.8 Å². The molecule has 1 aliphatic heterocycles. The highest BCUT2D eigenvalue weighted by Gasteiger charge is 2.35. The summed E-state index contributed by atoms with van der Waals surface area (Å²) in [5.41, 5.74) is 5.42. The number of hydrogen-bond acceptors (Lipinski definition) is 4. The third kappa shape index (κ3) is 2.44. The lowest BCUT2D eigenvalue weighted by molar-refractivity contribution is 0.341. The van der Waals surface area contributed by atoms with Crippen molar-refractivity contribution < 1.29 is 8.83 Å². The Morgan fingerprint density at radius 3 is 1.57 bits per heavy atom. The largest absolute Gasteiger partial charge is 0.447 e. The highest BCUT2D eigenvalue weighted by atomic mass is 16.4. The van der Waals surface area contributed by atoms with Crippen molar-refractivity contribution in [2.24, 2.45) is 0 Å². The lowest BCUT2D eigenvalue weighted by atomic mass is 9.77. The van der Waals surface area contributed by atoms with E-state index in [4.69, 9.17) is 18.8 Å². The molecule has 0 amide bonds. The predicted octanol–water partition coefficient (Wildman–Crippen LogP) is 5.96. The third-order valence-electron chi connectivity index (χ3n) is 5.84. The molecule has 0 saturated heterocycles. The van der Waals surface area contributed by atoms with Crippen LogP contribution in [0.5, 0.6) is 0 Å². The van der Waals surface area contributed by atoms with Crippen molar-refractivity contribution in [1.82, 2.24) is 9.97 Å². The van der Waals surface area contributed by atoms with Crippen LogP contribution in [0.4, 0.5) is 0 Å². The van der Waals surface area contributed by atoms with Gasteiger partial charge in [-0.25, -0.2) is 9.97 Å². The fourth-order valence-corrected chi connectivity index (χ4v) is 3.78. The number of benzene rings is 2. The molecule has 4 aromatic rings. The van der Waals surface area contributed by atoms with Crippen LogP contribution in [0.1, 0.15) is 50.6 Å². The second-order valence-corrected chi connectivity index (χ2v) is 8.49. The van der Waals surface area contributed by atoms with Crippen LogP contribution in [0.15, 0.2) is 69.9 Å². The molecule has 2 aromatic carbocycles. The van der Waals surface area contributed by atoms with E-state index >= 15 is 0 Å². The maximum Gasteiger partial charge on any atom is 0.209 e. The van der Waals surface area contributed by atoms with Crippen molar-refractivity contribution in [1.29, 1.82) is 0 Å². The minimum Gasteiger partial charge on any atom is -0.447 e. The van der Waals surface area contributed by atoms with E-state index in [-0.39, 0.29) is 5.41 Å². The number of aromatic nitrogens is 2. The van der Waals surface area contributed by atoms with Gasteiger partial charge in [-0.1, -0.05) is 50.2 Å². The summed E-state index contributed by atoms with van der Waals surface area (Å²) in [7, 11) is 0. The van der Waals surface area contributed by atoms with Gasteiger partial charge in [-0.15, -0.1) is 0 Å². The molecule has 140 valence electrons. The molecule has 3 heterocycles. The Balaban J connectivity index is 1.82. The smallest absolute Gasteiger partial charge is 0.209 e. The van der Waals surface area contributed by atoms with Gasteiger partial charge in [-0.3, -0.25) is 0 Å². The first-order chi connectivity index (χ1) is 13.4. The van der Waals surface area contributed by atoms with Crippen LogP contribution in [0.3, 0.4) is 0 Å². The first kappa shape index (κ1) is 17.0. The van der Waals surface area contributed by atoms with E-state index < -0.39 is 5.41 Å². The molecule has 0 aliphatic carbocycles. The highest BCUT2D eigenvalue weighted by Crippen LogP contribution is 2.38. The Bertz CT molecular complexity index is 1090. The molecular formula is C24H22N2O2. The van der Waals surface area contributed by atoms with Gasteiger partial charge in [-0.05, 0) is 37.1 Å². The number of fused-ring (bicyclic) bond motifs is 10. The molecule has 8 bridgehead atoms. The van der Waals surface area contributed by atoms with Gasteiger partial charge < -0.3 is 8.83 Å². The zero-order valence-corrected chi connectivity index (χ0v) is 16.5. The Morgan fingerprint density at radius 2 is 1.11 bits per heavy atom. The summed E-state index contributed by atoms with van der Waals surface area (Å²) < 4.78 is 11.7. The summed E-state index contributed by atoms with van der Waals surface area (Å²) in [6.07, 6.45) is 3.43. The molecule has 0 saturated carbocycles. The van der Waals surface area contributed by atoms with Crippen molar-refractivity contribution >= 4 is 0 Å². The Morgan fingerprint density at radius 1 is 0.643 bits per heavy atom. The zero-order chi connectivity index (χ0) is 19.5. The molecular weight excluding hydrogens is 348 g/mol. The SMILES string of the molecule is CC1(C)c2cccc(c2)-c2coc(n2)C(C)(C)c2nc(co2)-c2cccc1c2. The van der Waals surface area contributed by atoms with Crippen molar-refractivity contribution in [3.63, 3.8) is 0 Å². The number of nitrogens with zero attached hydrogens (tertiary/aromatic N) is 2. The van der Waals surface area contributed by atoms with Crippen LogP contribution in [-0.4, -0.2) is 9.97 Å². The van der Waals surface area contributed by atoms with Crippen LogP contribution in [0.2, 0.25) is 0 Å². The molecule has 0 radical (unpaired) electrons. The highest BCUT2D eigenvalue weighted by molar-refractivity contribution is 5.63. The second-order valence-electron chi connectivity index (χ2n) is 8.49. The summed E-state index contributed by atoms with van der Waals surface area (Å²) in [6, 6.07) is 17.0. The molecule has 5 rings (SSSR count). The topological polar surface area (TPSA) is 52.1 Å². The third-order valence-corrected chi connectivity index (χ3v) is 5.84. The van der Waals surface area contributed by atoms with Crippen LogP contribution in [0, 0.1) is 0 Å². The molecule has 0 N–H and O–H groups in total. The normalized spacial score (nSPS) is 16.4. The Kier molecular flexibility index (Phi) is 3.45. The molecule has 4 heteroatoms. The van der Waals surface area contributed by atoms with Crippen LogP contribution in [-0.2, 0) is 10.8 Å². The standard InChI is InChI=1S/C24H22N2O2/c1-23(2)17-9-5-7-15(11-17)19-13-27-21(25-19)24(3,4)22-26-20(14-28-22)16-8-6-10-18(23)12-16/h5-14H,1-4H3. The van der Waals surface area contributed by atoms with Gasteiger partial charge in [0.25, 0.3) is 0 Å². The van der Waals surface area contributed by atoms with E-state index in [1.165, 1.54) is 11.1 Å². The van der Waals surface area contributed by atoms with Crippen LogP contribution in [0.25, 0.3) is 22.5 Å². The van der Waals surface area contributed by atoms with E-state index in [1.807, 2.05) is 13.8 Å². The number of hydrogen-bond donors (Lipinski definition) is 0. The molecule has 28 heavy (non-hydrogen) atoms. The van der Waals surface area contributed by atoms with E-state index in [1.54, 1.807) is 12.5 Å². The van der Waals surface area contributed by atoms with Crippen LogP contribution < -0.4 is 0 Å². The molecule has 0 spiro atoms. The summed E-state index contributed by atoms with van der Waals surface area (Å²) in [5, 5.41) is 0. The van der Waals surface area contributed by atoms with Crippen molar-refractivity contribution in [3.05, 3.63) is 84.0 Å². The van der Waals surface area contributed by atoms with Gasteiger partial charge >= 0.3 is 0 Å². The fraction of sp³-hybridized carbons (Fsp3) is 0.250. The molecule has 0 unspecified atom stereocenters. The second kappa shape index (κ2) is 5.68. The lowest BCUT2D eigenvalue weighted by Crippen LogP contribution is -2.20. The first-order valence-corrected chi connectivity index (χ1v) is 9.49. The minimum absolute atomic E-state index is 0.172. The fourth-order valence-electron chi connectivity index (χ4n) is 3.78. The van der Waals surface area contributed by atoms with Gasteiger partial charge in [0.05, 0.1) is 0 Å². The molecule has 4 nitrogen and oxygen atoms in total. The zero-order valence-electron chi connectivity index (χ0n) is 16.5. The monoisotopic (exact) mass is 370 g/mol. The number of rotatable bonds is 0. The van der Waals surface area contributed by atoms with Gasteiger partial charge in [0.15, 0.2) is 0 Å². The molecule has 1 aliphatic rings. The van der Waals surface area contributed by atoms with Crippen molar-refractivity contribution in [2.75, 3.05) is 0 Å². The van der Waals surface area contributed by atoms with Crippen molar-refractivity contribution in [3.8, 4) is 22.5 Å². The van der Waals surface area contributed by atoms with Gasteiger partial charge in [0, 0.05) is 16.5 Å². The van der Waals surface area contributed by atoms with Crippen molar-refractivity contribution in [2.45, 2.75) is 38.5 Å². The number of oxazole rings is 2. The van der Waals surface area contributed by atoms with Gasteiger partial charge in [0.1, 0.15) is 29.3 Å². The molecule has 0 fully saturated rings. The summed E-state index contributed by atoms with van der Waals surface area (Å²) >= 11 is 0. The summed E-state index contributed by atoms with van der Waals surface area (Å²) in [4.78, 5) is 9.53. The van der Waals surface area contributed by atoms with Gasteiger partial charge in [-0.2, -0.15) is 0 Å². The molecule has 2 aromatic heterocycles. The maximum absolute atomic E-state index is 5.86.